The molecule has 1 aliphatic rings. The topological polar surface area (TPSA) is 46.2 Å². The Morgan fingerprint density at radius 1 is 1.77 bits per heavy atom. The Morgan fingerprint density at radius 2 is 2.46 bits per heavy atom. The second-order valence-electron chi connectivity index (χ2n) is 3.10. The highest BCUT2D eigenvalue weighted by Gasteiger charge is 2.20. The minimum absolute atomic E-state index is 0.0726. The number of rotatable bonds is 3. The van der Waals surface area contributed by atoms with E-state index in [-0.39, 0.29) is 11.8 Å². The van der Waals surface area contributed by atoms with Crippen LogP contribution < -0.4 is 5.32 Å². The SMILES string of the molecule is C/C(=C/Cl)CNC1C=CS(=O)(=O)C1. The first-order valence-corrected chi connectivity index (χ1v) is 6.09. The molecule has 0 fully saturated rings. The third kappa shape index (κ3) is 3.50. The molecule has 0 aromatic rings. The Hall–Kier alpha value is -0.320. The molecule has 0 bridgehead atoms. The fraction of sp³-hybridized carbons (Fsp3) is 0.500. The molecule has 0 aromatic carbocycles. The summed E-state index contributed by atoms with van der Waals surface area (Å²) in [6.07, 6.45) is 1.66. The molecule has 1 N–H and O–H groups in total. The van der Waals surface area contributed by atoms with E-state index in [2.05, 4.69) is 5.32 Å². The molecule has 0 radical (unpaired) electrons. The summed E-state index contributed by atoms with van der Waals surface area (Å²) in [5, 5.41) is 4.32. The Morgan fingerprint density at radius 3 is 2.92 bits per heavy atom. The standard InChI is InChI=1S/C8H12ClNO2S/c1-7(4-9)5-10-8-2-3-13(11,12)6-8/h2-4,8,10H,5-6H2,1H3/b7-4-. The first-order chi connectivity index (χ1) is 6.03. The molecule has 0 amide bonds. The lowest BCUT2D eigenvalue weighted by molar-refractivity contribution is 0.596. The summed E-state index contributed by atoms with van der Waals surface area (Å²) >= 11 is 5.46. The van der Waals surface area contributed by atoms with Crippen LogP contribution in [0.4, 0.5) is 0 Å². The minimum Gasteiger partial charge on any atom is -0.306 e. The van der Waals surface area contributed by atoms with E-state index in [1.54, 1.807) is 6.08 Å². The molecule has 0 aliphatic carbocycles. The summed E-state index contributed by atoms with van der Waals surface area (Å²) in [6, 6.07) is -0.0726. The molecule has 5 heteroatoms. The zero-order valence-corrected chi connectivity index (χ0v) is 8.90. The van der Waals surface area contributed by atoms with Gasteiger partial charge in [-0.2, -0.15) is 0 Å². The van der Waals surface area contributed by atoms with Crippen molar-refractivity contribution in [2.75, 3.05) is 12.3 Å². The maximum atomic E-state index is 11.0. The van der Waals surface area contributed by atoms with Gasteiger partial charge in [-0.05, 0) is 12.5 Å². The average molecular weight is 222 g/mol. The van der Waals surface area contributed by atoms with Crippen LogP contribution in [-0.4, -0.2) is 26.8 Å². The molecule has 1 atom stereocenters. The van der Waals surface area contributed by atoms with Crippen molar-refractivity contribution >= 4 is 21.4 Å². The molecule has 1 aliphatic heterocycles. The average Bonchev–Trinajstić information content (AvgIpc) is 2.41. The van der Waals surface area contributed by atoms with E-state index >= 15 is 0 Å². The van der Waals surface area contributed by atoms with Crippen molar-refractivity contribution in [1.82, 2.24) is 5.32 Å². The lowest BCUT2D eigenvalue weighted by Gasteiger charge is -2.08. The lowest BCUT2D eigenvalue weighted by Crippen LogP contribution is -2.31. The Bertz CT molecular complexity index is 332. The minimum atomic E-state index is -2.95. The third-order valence-electron chi connectivity index (χ3n) is 1.76. The van der Waals surface area contributed by atoms with Gasteiger partial charge in [-0.25, -0.2) is 8.42 Å². The summed E-state index contributed by atoms with van der Waals surface area (Å²) in [7, 11) is -2.95. The number of hydrogen-bond acceptors (Lipinski definition) is 3. The number of hydrogen-bond donors (Lipinski definition) is 1. The van der Waals surface area contributed by atoms with Gasteiger partial charge in [0.1, 0.15) is 0 Å². The predicted octanol–water partition coefficient (Wildman–Crippen LogP) is 1.03. The molecule has 0 aromatic heterocycles. The maximum Gasteiger partial charge on any atom is 0.173 e. The summed E-state index contributed by atoms with van der Waals surface area (Å²) in [5.74, 6) is 0.155. The van der Waals surface area contributed by atoms with Crippen LogP contribution in [0.2, 0.25) is 0 Å². The smallest absolute Gasteiger partial charge is 0.173 e. The van der Waals surface area contributed by atoms with Crippen LogP contribution in [0.3, 0.4) is 0 Å². The fourth-order valence-corrected chi connectivity index (χ4v) is 2.38. The van der Waals surface area contributed by atoms with Gasteiger partial charge in [-0.1, -0.05) is 17.7 Å². The molecular formula is C8H12ClNO2S. The number of halogens is 1. The van der Waals surface area contributed by atoms with Crippen molar-refractivity contribution in [3.05, 3.63) is 22.6 Å². The van der Waals surface area contributed by atoms with E-state index in [9.17, 15) is 8.42 Å². The summed E-state index contributed by atoms with van der Waals surface area (Å²) in [6.45, 7) is 2.50. The Labute approximate surface area is 83.4 Å². The number of sulfone groups is 1. The first kappa shape index (κ1) is 10.8. The molecule has 13 heavy (non-hydrogen) atoms. The molecule has 3 nitrogen and oxygen atoms in total. The van der Waals surface area contributed by atoms with Crippen LogP contribution in [0.1, 0.15) is 6.92 Å². The van der Waals surface area contributed by atoms with Gasteiger partial charge in [0.05, 0.1) is 5.75 Å². The van der Waals surface area contributed by atoms with Crippen LogP contribution in [0.15, 0.2) is 22.6 Å². The van der Waals surface area contributed by atoms with E-state index in [1.807, 2.05) is 6.92 Å². The van der Waals surface area contributed by atoms with E-state index in [4.69, 9.17) is 11.6 Å². The zero-order chi connectivity index (χ0) is 9.90. The summed E-state index contributed by atoms with van der Waals surface area (Å²) in [5.41, 5.74) is 2.47. The molecular weight excluding hydrogens is 210 g/mol. The fourth-order valence-electron chi connectivity index (χ4n) is 1.03. The first-order valence-electron chi connectivity index (χ1n) is 3.94. The highest BCUT2D eigenvalue weighted by molar-refractivity contribution is 7.94. The van der Waals surface area contributed by atoms with Crippen molar-refractivity contribution in [1.29, 1.82) is 0 Å². The quantitative estimate of drug-likeness (QED) is 0.775. The van der Waals surface area contributed by atoms with Gasteiger partial charge in [0, 0.05) is 23.5 Å². The molecule has 74 valence electrons. The third-order valence-corrected chi connectivity index (χ3v) is 3.53. The highest BCUT2D eigenvalue weighted by atomic mass is 35.5. The maximum absolute atomic E-state index is 11.0. The van der Waals surface area contributed by atoms with Crippen LogP contribution >= 0.6 is 11.6 Å². The zero-order valence-electron chi connectivity index (χ0n) is 7.33. The van der Waals surface area contributed by atoms with E-state index in [0.29, 0.717) is 6.54 Å². The Kier molecular flexibility index (Phi) is 3.53. The molecule has 1 unspecified atom stereocenters. The molecule has 1 rings (SSSR count). The van der Waals surface area contributed by atoms with Gasteiger partial charge < -0.3 is 5.32 Å². The van der Waals surface area contributed by atoms with Crippen LogP contribution in [-0.2, 0) is 9.84 Å². The van der Waals surface area contributed by atoms with Crippen molar-refractivity contribution in [3.63, 3.8) is 0 Å². The second-order valence-corrected chi connectivity index (χ2v) is 5.25. The largest absolute Gasteiger partial charge is 0.306 e. The number of nitrogens with one attached hydrogen (secondary N) is 1. The van der Waals surface area contributed by atoms with Gasteiger partial charge in [-0.15, -0.1) is 0 Å². The van der Waals surface area contributed by atoms with E-state index in [1.165, 1.54) is 10.9 Å². The van der Waals surface area contributed by atoms with Gasteiger partial charge in [0.2, 0.25) is 0 Å². The lowest BCUT2D eigenvalue weighted by atomic mass is 10.3. The predicted molar refractivity (Wildman–Crippen MR) is 54.3 cm³/mol. The normalized spacial score (nSPS) is 26.6. The van der Waals surface area contributed by atoms with Crippen molar-refractivity contribution < 1.29 is 8.42 Å². The monoisotopic (exact) mass is 221 g/mol. The van der Waals surface area contributed by atoms with Crippen LogP contribution in [0, 0.1) is 0 Å². The van der Waals surface area contributed by atoms with E-state index in [0.717, 1.165) is 5.57 Å². The van der Waals surface area contributed by atoms with Crippen LogP contribution in [0.25, 0.3) is 0 Å². The van der Waals surface area contributed by atoms with Crippen LogP contribution in [0.5, 0.6) is 0 Å². The van der Waals surface area contributed by atoms with Gasteiger partial charge in [0.25, 0.3) is 0 Å². The second kappa shape index (κ2) is 4.26. The molecule has 0 saturated carbocycles. The molecule has 0 spiro atoms. The van der Waals surface area contributed by atoms with Crippen molar-refractivity contribution in [2.24, 2.45) is 0 Å². The highest BCUT2D eigenvalue weighted by Crippen LogP contribution is 2.08. The van der Waals surface area contributed by atoms with Crippen molar-refractivity contribution in [3.8, 4) is 0 Å². The van der Waals surface area contributed by atoms with Gasteiger partial charge in [0.15, 0.2) is 9.84 Å². The van der Waals surface area contributed by atoms with Crippen molar-refractivity contribution in [2.45, 2.75) is 13.0 Å². The van der Waals surface area contributed by atoms with Gasteiger partial charge >= 0.3 is 0 Å². The summed E-state index contributed by atoms with van der Waals surface area (Å²) in [4.78, 5) is 0. The summed E-state index contributed by atoms with van der Waals surface area (Å²) < 4.78 is 22.0. The van der Waals surface area contributed by atoms with Gasteiger partial charge in [-0.3, -0.25) is 0 Å². The molecule has 1 heterocycles. The Balaban J connectivity index is 2.39. The molecule has 0 saturated heterocycles. The van der Waals surface area contributed by atoms with E-state index < -0.39 is 9.84 Å².